The molecule has 2 aliphatic heterocycles. The van der Waals surface area contributed by atoms with Crippen LogP contribution in [0, 0.1) is 23.3 Å². The third-order valence-electron chi connectivity index (χ3n) is 7.03. The molecular formula is C23H30F4N2O12. The first-order chi connectivity index (χ1) is 19.2. The predicted octanol–water partition coefficient (Wildman–Crippen LogP) is -3.21. The number of carbonyl (C=O) groups is 2. The molecule has 10 atom stereocenters. The van der Waals surface area contributed by atoms with Gasteiger partial charge in [0.15, 0.2) is 23.7 Å². The number of aliphatic hydroxyl groups excluding tert-OH is 5. The summed E-state index contributed by atoms with van der Waals surface area (Å²) in [6.45, 7) is -1.07. The van der Waals surface area contributed by atoms with E-state index < -0.39 is 120 Å². The fourth-order valence-corrected chi connectivity index (χ4v) is 5.00. The molecule has 2 heterocycles. The van der Waals surface area contributed by atoms with Crippen LogP contribution in [0.4, 0.5) is 17.6 Å². The fourth-order valence-electron chi connectivity index (χ4n) is 5.00. The highest BCUT2D eigenvalue weighted by Gasteiger charge is 2.64. The van der Waals surface area contributed by atoms with Crippen molar-refractivity contribution in [2.75, 3.05) is 27.4 Å². The van der Waals surface area contributed by atoms with Gasteiger partial charge in [0.1, 0.15) is 53.8 Å². The number of halogens is 4. The van der Waals surface area contributed by atoms with Crippen LogP contribution in [0.5, 0.6) is 5.75 Å². The lowest BCUT2D eigenvalue weighted by Gasteiger charge is -2.55. The molecule has 232 valence electrons. The van der Waals surface area contributed by atoms with Crippen LogP contribution >= 0.6 is 0 Å². The van der Waals surface area contributed by atoms with Gasteiger partial charge in [-0.3, -0.25) is 9.59 Å². The molecule has 0 spiro atoms. The molecule has 41 heavy (non-hydrogen) atoms. The van der Waals surface area contributed by atoms with Crippen LogP contribution in [0.15, 0.2) is 0 Å². The minimum Gasteiger partial charge on any atom is -0.491 e. The quantitative estimate of drug-likeness (QED) is 0.109. The molecule has 0 aromatic heterocycles. The minimum atomic E-state index is -2.89. The molecule has 0 saturated carbocycles. The highest BCUT2D eigenvalue weighted by atomic mass is 19.2. The van der Waals surface area contributed by atoms with Gasteiger partial charge in [-0.25, -0.2) is 8.78 Å². The fraction of sp³-hybridized carbons (Fsp3) is 0.652. The molecule has 0 bridgehead atoms. The van der Waals surface area contributed by atoms with E-state index in [1.165, 1.54) is 0 Å². The molecule has 1 aromatic rings. The smallest absolute Gasteiger partial charge is 0.257 e. The standard InChI is InChI=1S/C23H30F4N2O12/c1-6(32)28-15-19(35)23(37,8(5-31)41-22(15)39-3)20-17(34)14(16(33)7(4-30)40-20)29-21(36)9-10(24)12(26)18(38-2)13(27)11(9)25/h7-8,14-17,19-20,22,30-31,33-35,37H,4-5H2,1-3H3,(H,28,32)(H,29,36)/t7-,8-,14-,15+,16+,17-,19-,20-,22+,23-/m1/s1. The summed E-state index contributed by atoms with van der Waals surface area (Å²) in [7, 11) is 1.83. The average molecular weight is 602 g/mol. The van der Waals surface area contributed by atoms with E-state index in [9.17, 15) is 57.8 Å². The number of benzene rings is 1. The summed E-state index contributed by atoms with van der Waals surface area (Å²) >= 11 is 0. The van der Waals surface area contributed by atoms with Gasteiger partial charge in [-0.2, -0.15) is 8.78 Å². The monoisotopic (exact) mass is 602 g/mol. The van der Waals surface area contributed by atoms with Gasteiger partial charge in [0, 0.05) is 14.0 Å². The maximum absolute atomic E-state index is 14.6. The summed E-state index contributed by atoms with van der Waals surface area (Å²) < 4.78 is 77.7. The summed E-state index contributed by atoms with van der Waals surface area (Å²) in [6.07, 6.45) is -13.8. The second-order valence-electron chi connectivity index (χ2n) is 9.39. The number of rotatable bonds is 8. The molecule has 14 nitrogen and oxygen atoms in total. The molecular weight excluding hydrogens is 572 g/mol. The maximum atomic E-state index is 14.6. The first-order valence-electron chi connectivity index (χ1n) is 12.0. The van der Waals surface area contributed by atoms with Gasteiger partial charge in [-0.15, -0.1) is 0 Å². The van der Waals surface area contributed by atoms with Gasteiger partial charge in [0.25, 0.3) is 5.91 Å². The van der Waals surface area contributed by atoms with E-state index in [1.807, 2.05) is 0 Å². The lowest BCUT2D eigenvalue weighted by molar-refractivity contribution is -0.347. The first kappa shape index (κ1) is 32.8. The van der Waals surface area contributed by atoms with E-state index >= 15 is 0 Å². The van der Waals surface area contributed by atoms with E-state index in [1.54, 1.807) is 5.32 Å². The number of ether oxygens (including phenoxy) is 4. The zero-order valence-electron chi connectivity index (χ0n) is 21.8. The molecule has 0 aliphatic carbocycles. The van der Waals surface area contributed by atoms with Crippen LogP contribution in [0.25, 0.3) is 0 Å². The molecule has 0 radical (unpaired) electrons. The Hall–Kier alpha value is -2.68. The second-order valence-corrected chi connectivity index (χ2v) is 9.39. The van der Waals surface area contributed by atoms with Crippen molar-refractivity contribution in [2.45, 2.75) is 67.5 Å². The molecule has 8 N–H and O–H groups in total. The Kier molecular flexibility index (Phi) is 10.1. The highest BCUT2D eigenvalue weighted by molar-refractivity contribution is 5.95. The highest BCUT2D eigenvalue weighted by Crippen LogP contribution is 2.39. The van der Waals surface area contributed by atoms with Crippen molar-refractivity contribution in [2.24, 2.45) is 0 Å². The Balaban J connectivity index is 2.05. The maximum Gasteiger partial charge on any atom is 0.257 e. The van der Waals surface area contributed by atoms with Crippen molar-refractivity contribution in [1.29, 1.82) is 0 Å². The zero-order valence-corrected chi connectivity index (χ0v) is 21.8. The summed E-state index contributed by atoms with van der Waals surface area (Å²) in [4.78, 5) is 24.5. The topological polar surface area (TPSA) is 216 Å². The Labute approximate surface area is 229 Å². The third-order valence-corrected chi connectivity index (χ3v) is 7.03. The molecule has 18 heteroatoms. The average Bonchev–Trinajstić information content (AvgIpc) is 2.93. The van der Waals surface area contributed by atoms with Gasteiger partial charge in [-0.1, -0.05) is 0 Å². The van der Waals surface area contributed by atoms with Crippen LogP contribution in [0.1, 0.15) is 17.3 Å². The zero-order chi connectivity index (χ0) is 31.0. The lowest BCUT2D eigenvalue weighted by Crippen LogP contribution is -2.79. The van der Waals surface area contributed by atoms with Crippen LogP contribution in [0.2, 0.25) is 0 Å². The van der Waals surface area contributed by atoms with Crippen LogP contribution in [-0.2, 0) is 19.0 Å². The normalized spacial score (nSPS) is 35.6. The number of methoxy groups -OCH3 is 2. The van der Waals surface area contributed by atoms with E-state index in [2.05, 4.69) is 10.1 Å². The third kappa shape index (κ3) is 5.58. The summed E-state index contributed by atoms with van der Waals surface area (Å²) in [6, 6.07) is -3.65. The van der Waals surface area contributed by atoms with E-state index in [-0.39, 0.29) is 0 Å². The van der Waals surface area contributed by atoms with Gasteiger partial charge in [0.2, 0.25) is 17.5 Å². The van der Waals surface area contributed by atoms with Crippen molar-refractivity contribution in [3.05, 3.63) is 28.8 Å². The molecule has 2 fully saturated rings. The Bertz CT molecular complexity index is 1120. The number of nitrogens with one attached hydrogen (secondary N) is 2. The second kappa shape index (κ2) is 12.7. The first-order valence-corrected chi connectivity index (χ1v) is 12.0. The van der Waals surface area contributed by atoms with Gasteiger partial charge >= 0.3 is 0 Å². The van der Waals surface area contributed by atoms with E-state index in [0.29, 0.717) is 7.11 Å². The lowest BCUT2D eigenvalue weighted by atomic mass is 9.73. The minimum absolute atomic E-state index is 0.711. The van der Waals surface area contributed by atoms with Crippen molar-refractivity contribution in [3.8, 4) is 5.75 Å². The van der Waals surface area contributed by atoms with Crippen molar-refractivity contribution in [3.63, 3.8) is 0 Å². The SMILES string of the molecule is COc1c(F)c(F)c(C(=O)N[C@H]2[C@@H](O)[C@H]([C@]3(O)[C@H](O)[C@H](NC(C)=O)[C@@H](OC)O[C@@H]3CO)O[C@H](CO)[C@@H]2O)c(F)c1F. The van der Waals surface area contributed by atoms with Crippen LogP contribution in [0.3, 0.4) is 0 Å². The summed E-state index contributed by atoms with van der Waals surface area (Å²) in [5, 5.41) is 68.3. The van der Waals surface area contributed by atoms with Crippen molar-refractivity contribution in [1.82, 2.24) is 10.6 Å². The molecule has 2 aliphatic rings. The van der Waals surface area contributed by atoms with Crippen LogP contribution < -0.4 is 15.4 Å². The Morgan fingerprint density at radius 2 is 1.49 bits per heavy atom. The van der Waals surface area contributed by atoms with Gasteiger partial charge < -0.3 is 60.2 Å². The molecule has 0 unspecified atom stereocenters. The van der Waals surface area contributed by atoms with Crippen LogP contribution in [-0.4, -0.2) is 130 Å². The van der Waals surface area contributed by atoms with Crippen molar-refractivity contribution < 1.29 is 76.7 Å². The van der Waals surface area contributed by atoms with Gasteiger partial charge in [-0.05, 0) is 0 Å². The molecule has 2 saturated heterocycles. The van der Waals surface area contributed by atoms with Crippen molar-refractivity contribution >= 4 is 11.8 Å². The number of amides is 2. The Morgan fingerprint density at radius 3 is 1.95 bits per heavy atom. The molecule has 2 amide bonds. The number of aliphatic hydroxyl groups is 6. The summed E-state index contributed by atoms with van der Waals surface area (Å²) in [5.41, 5.74) is -4.69. The molecule has 3 rings (SSSR count). The predicted molar refractivity (Wildman–Crippen MR) is 123 cm³/mol. The van der Waals surface area contributed by atoms with E-state index in [0.717, 1.165) is 14.0 Å². The van der Waals surface area contributed by atoms with E-state index in [4.69, 9.17) is 14.2 Å². The number of carbonyl (C=O) groups excluding carboxylic acids is 2. The number of hydrogen-bond acceptors (Lipinski definition) is 12. The Morgan fingerprint density at radius 1 is 0.902 bits per heavy atom. The number of hydrogen-bond donors (Lipinski definition) is 8. The summed E-state index contributed by atoms with van der Waals surface area (Å²) in [5.74, 6) is -12.6. The molecule has 1 aromatic carbocycles. The largest absolute Gasteiger partial charge is 0.491 e. The van der Waals surface area contributed by atoms with Gasteiger partial charge in [0.05, 0.1) is 26.4 Å².